The van der Waals surface area contributed by atoms with Crippen molar-refractivity contribution in [3.8, 4) is 5.75 Å². The van der Waals surface area contributed by atoms with Gasteiger partial charge in [-0.05, 0) is 88.6 Å². The molecule has 1 N–H and O–H groups in total. The second kappa shape index (κ2) is 14.8. The van der Waals surface area contributed by atoms with Crippen LogP contribution in [0.1, 0.15) is 73.3 Å². The number of carbonyl (C=O) groups excluding carboxylic acids is 3. The van der Waals surface area contributed by atoms with Crippen molar-refractivity contribution in [2.24, 2.45) is 17.3 Å². The summed E-state index contributed by atoms with van der Waals surface area (Å²) in [5.41, 5.74) is 1.03. The summed E-state index contributed by atoms with van der Waals surface area (Å²) in [6.07, 6.45) is 5.89. The summed E-state index contributed by atoms with van der Waals surface area (Å²) in [7, 11) is 0. The molecule has 0 saturated carbocycles. The molecule has 5 rings (SSSR count). The Labute approximate surface area is 309 Å². The van der Waals surface area contributed by atoms with E-state index >= 15 is 9.59 Å². The summed E-state index contributed by atoms with van der Waals surface area (Å²) >= 11 is 1.65. The largest absolute Gasteiger partial charge is 0.494 e. The minimum Gasteiger partial charge on any atom is -0.494 e. The quantitative estimate of drug-likeness (QED) is 0.202. The number of hydrogen-bond acceptors (Lipinski definition) is 6. The fraction of sp³-hybridized carbons (Fsp3) is 0.548. The first-order valence-corrected chi connectivity index (χ1v) is 19.1. The molecule has 6 atom stereocenters. The van der Waals surface area contributed by atoms with Crippen LogP contribution in [0.25, 0.3) is 0 Å². The van der Waals surface area contributed by atoms with E-state index in [9.17, 15) is 9.90 Å². The van der Waals surface area contributed by atoms with Crippen molar-refractivity contribution < 1.29 is 24.2 Å². The first-order valence-electron chi connectivity index (χ1n) is 18.3. The van der Waals surface area contributed by atoms with E-state index in [4.69, 9.17) is 4.74 Å². The molecule has 9 heteroatoms. The van der Waals surface area contributed by atoms with E-state index in [1.807, 2.05) is 66.4 Å². The number of fused-ring (bicyclic) bond motifs is 1. The molecule has 1 spiro atoms. The highest BCUT2D eigenvalue weighted by atomic mass is 32.2. The Balaban J connectivity index is 1.63. The molecule has 2 aromatic carbocycles. The molecule has 2 unspecified atom stereocenters. The average Bonchev–Trinajstić information content (AvgIpc) is 3.65. The van der Waals surface area contributed by atoms with Crippen molar-refractivity contribution in [2.45, 2.75) is 101 Å². The highest BCUT2D eigenvalue weighted by Crippen LogP contribution is 2.72. The maximum absolute atomic E-state index is 15.4. The minimum absolute atomic E-state index is 0.0722. The Hall–Kier alpha value is -3.56. The molecule has 0 radical (unpaired) electrons. The van der Waals surface area contributed by atoms with Crippen LogP contribution in [0.5, 0.6) is 5.75 Å². The normalized spacial score (nSPS) is 26.1. The molecule has 3 amide bonds. The summed E-state index contributed by atoms with van der Waals surface area (Å²) in [5, 5.41) is 11.0. The Morgan fingerprint density at radius 3 is 2.24 bits per heavy atom. The van der Waals surface area contributed by atoms with Crippen molar-refractivity contribution in [3.05, 3.63) is 85.5 Å². The van der Waals surface area contributed by atoms with Crippen LogP contribution in [0.15, 0.2) is 79.9 Å². The molecular formula is C42H57N3O5S. The van der Waals surface area contributed by atoms with Crippen LogP contribution in [-0.4, -0.2) is 86.0 Å². The third-order valence-electron chi connectivity index (χ3n) is 10.9. The molecular weight excluding hydrogens is 659 g/mol. The van der Waals surface area contributed by atoms with Gasteiger partial charge in [0.15, 0.2) is 0 Å². The maximum atomic E-state index is 15.4. The zero-order chi connectivity index (χ0) is 37.4. The van der Waals surface area contributed by atoms with Crippen molar-refractivity contribution in [1.82, 2.24) is 9.80 Å². The Bertz CT molecular complexity index is 1600. The van der Waals surface area contributed by atoms with Gasteiger partial charge in [-0.25, -0.2) is 0 Å². The molecule has 2 aromatic rings. The summed E-state index contributed by atoms with van der Waals surface area (Å²) in [6.45, 7) is 23.5. The van der Waals surface area contributed by atoms with Gasteiger partial charge in [-0.1, -0.05) is 63.3 Å². The minimum atomic E-state index is -0.863. The smallest absolute Gasteiger partial charge is 0.247 e. The monoisotopic (exact) mass is 715 g/mol. The highest BCUT2D eigenvalue weighted by molar-refractivity contribution is 8.02. The van der Waals surface area contributed by atoms with Crippen LogP contribution in [0.3, 0.4) is 0 Å². The average molecular weight is 716 g/mol. The number of amides is 3. The van der Waals surface area contributed by atoms with E-state index in [0.29, 0.717) is 43.9 Å². The molecule has 2 bridgehead atoms. The van der Waals surface area contributed by atoms with Crippen LogP contribution >= 0.6 is 11.8 Å². The second-order valence-electron chi connectivity index (χ2n) is 16.5. The van der Waals surface area contributed by atoms with E-state index in [-0.39, 0.29) is 36.3 Å². The second-order valence-corrected chi connectivity index (χ2v) is 18.3. The van der Waals surface area contributed by atoms with Crippen molar-refractivity contribution in [2.75, 3.05) is 31.2 Å². The number of aliphatic hydroxyl groups is 1. The van der Waals surface area contributed by atoms with Gasteiger partial charge in [0.05, 0.1) is 35.8 Å². The summed E-state index contributed by atoms with van der Waals surface area (Å²) in [5.74, 6) is -1.23. The summed E-state index contributed by atoms with van der Waals surface area (Å²) in [4.78, 5) is 50.9. The van der Waals surface area contributed by atoms with Crippen LogP contribution in [0.4, 0.5) is 5.69 Å². The number of anilines is 1. The number of rotatable bonds is 15. The van der Waals surface area contributed by atoms with Crippen LogP contribution < -0.4 is 9.64 Å². The zero-order valence-electron chi connectivity index (χ0n) is 31.6. The van der Waals surface area contributed by atoms with Gasteiger partial charge in [0.2, 0.25) is 17.7 Å². The van der Waals surface area contributed by atoms with Crippen molar-refractivity contribution >= 4 is 35.2 Å². The standard InChI is InChI=1S/C42H57N3O5S/c1-10-24-43(30-18-20-32(21-19-30)50-12-3)36(47)33-34-37(48)45(31(27-46)26-29-16-14-13-15-17-29)35(42(34)23-22-41(33,9)51-42)38(49)44(25-11-2)40(7,8)28-39(4,5)6/h10-11,13-21,31,33-35,46H,1-2,12,22-28H2,3-9H3/t31-,33+,34+,35?,41-,42?/m1/s1. The van der Waals surface area contributed by atoms with Gasteiger partial charge in [-0.15, -0.1) is 24.9 Å². The topological polar surface area (TPSA) is 90.4 Å². The van der Waals surface area contributed by atoms with Gasteiger partial charge in [0.1, 0.15) is 11.8 Å². The molecule has 3 saturated heterocycles. The van der Waals surface area contributed by atoms with Gasteiger partial charge in [0, 0.05) is 29.1 Å². The van der Waals surface area contributed by atoms with E-state index in [2.05, 4.69) is 54.7 Å². The number of nitrogens with zero attached hydrogens (tertiary/aromatic N) is 3. The SMILES string of the molecule is C=CCN(C(=O)[C@@H]1[C@H]2C(=O)N([C@@H](CO)Cc3ccccc3)C(C(=O)N(CC=C)C(C)(C)CC(C)(C)C)C23CC[C@@]1(C)S3)c1ccc(OCC)cc1. The lowest BCUT2D eigenvalue weighted by Crippen LogP contribution is -2.62. The molecule has 3 heterocycles. The third-order valence-corrected chi connectivity index (χ3v) is 12.9. The third kappa shape index (κ3) is 7.25. The number of hydrogen-bond donors (Lipinski definition) is 1. The van der Waals surface area contributed by atoms with E-state index in [0.717, 1.165) is 12.0 Å². The number of carbonyl (C=O) groups is 3. The number of benzene rings is 2. The van der Waals surface area contributed by atoms with Gasteiger partial charge < -0.3 is 24.5 Å². The van der Waals surface area contributed by atoms with Gasteiger partial charge in [-0.3, -0.25) is 14.4 Å². The Morgan fingerprint density at radius 2 is 1.67 bits per heavy atom. The van der Waals surface area contributed by atoms with Crippen LogP contribution in [0, 0.1) is 17.3 Å². The maximum Gasteiger partial charge on any atom is 0.247 e. The highest BCUT2D eigenvalue weighted by Gasteiger charge is 2.78. The fourth-order valence-electron chi connectivity index (χ4n) is 9.36. The van der Waals surface area contributed by atoms with Crippen LogP contribution in [-0.2, 0) is 20.8 Å². The lowest BCUT2D eigenvalue weighted by atomic mass is 9.66. The zero-order valence-corrected chi connectivity index (χ0v) is 32.4. The van der Waals surface area contributed by atoms with E-state index < -0.39 is 39.0 Å². The lowest BCUT2D eigenvalue weighted by Gasteiger charge is -2.46. The predicted octanol–water partition coefficient (Wildman–Crippen LogP) is 6.92. The van der Waals surface area contributed by atoms with E-state index in [1.165, 1.54) is 0 Å². The molecule has 8 nitrogen and oxygen atoms in total. The summed E-state index contributed by atoms with van der Waals surface area (Å²) in [6, 6.07) is 15.7. The molecule has 3 aliphatic rings. The van der Waals surface area contributed by atoms with Crippen LogP contribution in [0.2, 0.25) is 0 Å². The number of thioether (sulfide) groups is 1. The number of ether oxygens (including phenoxy) is 1. The number of likely N-dealkylation sites (tertiary alicyclic amines) is 1. The van der Waals surface area contributed by atoms with Gasteiger partial charge in [0.25, 0.3) is 0 Å². The molecule has 3 fully saturated rings. The Kier molecular flexibility index (Phi) is 11.2. The molecule has 51 heavy (non-hydrogen) atoms. The van der Waals surface area contributed by atoms with Crippen molar-refractivity contribution in [1.29, 1.82) is 0 Å². The molecule has 3 aliphatic heterocycles. The molecule has 0 aliphatic carbocycles. The lowest BCUT2D eigenvalue weighted by molar-refractivity contribution is -0.149. The van der Waals surface area contributed by atoms with E-state index in [1.54, 1.807) is 33.7 Å². The van der Waals surface area contributed by atoms with Gasteiger partial charge in [-0.2, -0.15) is 0 Å². The first kappa shape index (κ1) is 38.7. The Morgan fingerprint density at radius 1 is 1.02 bits per heavy atom. The molecule has 0 aromatic heterocycles. The first-order chi connectivity index (χ1) is 24.1. The predicted molar refractivity (Wildman–Crippen MR) is 207 cm³/mol. The van der Waals surface area contributed by atoms with Crippen molar-refractivity contribution in [3.63, 3.8) is 0 Å². The fourth-order valence-corrected chi connectivity index (χ4v) is 11.7. The number of aliphatic hydroxyl groups excluding tert-OH is 1. The summed E-state index contributed by atoms with van der Waals surface area (Å²) < 4.78 is 4.25. The van der Waals surface area contributed by atoms with Gasteiger partial charge >= 0.3 is 0 Å². The molecule has 276 valence electrons.